The lowest BCUT2D eigenvalue weighted by molar-refractivity contribution is -0.186. The van der Waals surface area contributed by atoms with Crippen molar-refractivity contribution in [1.82, 2.24) is 20.4 Å². The summed E-state index contributed by atoms with van der Waals surface area (Å²) in [6, 6.07) is -2.43. The number of rotatable bonds is 55. The number of esters is 7. The number of amides is 2. The van der Waals surface area contributed by atoms with E-state index in [9.17, 15) is 57.8 Å². The Morgan fingerprint density at radius 2 is 0.674 bits per heavy atom. The lowest BCUT2D eigenvalue weighted by Crippen LogP contribution is -2.62. The van der Waals surface area contributed by atoms with Gasteiger partial charge in [-0.05, 0) is 25.7 Å². The Kier molecular flexibility index (Phi) is 48.9. The summed E-state index contributed by atoms with van der Waals surface area (Å²) in [5.74, 6) is -4.79. The summed E-state index contributed by atoms with van der Waals surface area (Å²) in [5.41, 5.74) is 0. The molecule has 0 aromatic carbocycles. The molecule has 494 valence electrons. The van der Waals surface area contributed by atoms with Gasteiger partial charge in [0.1, 0.15) is 12.1 Å². The van der Waals surface area contributed by atoms with E-state index < -0.39 is 109 Å². The van der Waals surface area contributed by atoms with Crippen LogP contribution < -0.4 is 10.6 Å². The zero-order chi connectivity index (χ0) is 63.4. The molecule has 26 heteroatoms. The molecule has 24 nitrogen and oxygen atoms in total. The fourth-order valence-corrected chi connectivity index (χ4v) is 10.2. The minimum atomic E-state index is -1.32. The molecule has 86 heavy (non-hydrogen) atoms. The average molecular weight is 1260 g/mol. The highest BCUT2D eigenvalue weighted by molar-refractivity contribution is 8.13. The number of thioether (sulfide) groups is 2. The maximum atomic E-state index is 13.2. The van der Waals surface area contributed by atoms with Gasteiger partial charge in [0.15, 0.2) is 23.3 Å². The van der Waals surface area contributed by atoms with Crippen LogP contribution in [0.15, 0.2) is 0 Å². The monoisotopic (exact) mass is 1260 g/mol. The van der Waals surface area contributed by atoms with E-state index in [4.69, 9.17) is 37.9 Å². The Morgan fingerprint density at radius 1 is 0.395 bits per heavy atom. The van der Waals surface area contributed by atoms with Crippen molar-refractivity contribution in [2.45, 2.75) is 239 Å². The first-order chi connectivity index (χ1) is 41.5. The second-order valence-electron chi connectivity index (χ2n) is 21.1. The summed E-state index contributed by atoms with van der Waals surface area (Å²) in [6.45, 7) is 7.25. The van der Waals surface area contributed by atoms with Gasteiger partial charge in [0.25, 0.3) is 0 Å². The summed E-state index contributed by atoms with van der Waals surface area (Å²) in [6.07, 6.45) is 17.5. The fourth-order valence-electron chi connectivity index (χ4n) is 8.44. The fraction of sp³-hybridized carbons (Fsp3) is 0.817. The van der Waals surface area contributed by atoms with Crippen LogP contribution in [0, 0.1) is 0 Å². The third-order valence-electron chi connectivity index (χ3n) is 13.7. The number of nitrogens with one attached hydrogen (secondary N) is 2. The number of carbonyl (C=O) groups is 11. The highest BCUT2D eigenvalue weighted by Crippen LogP contribution is 2.17. The van der Waals surface area contributed by atoms with Gasteiger partial charge in [0, 0.05) is 95.7 Å². The molecule has 1 aliphatic rings. The Labute approximate surface area is 518 Å². The van der Waals surface area contributed by atoms with Crippen molar-refractivity contribution in [3.63, 3.8) is 0 Å². The molecule has 3 atom stereocenters. The largest absolute Gasteiger partial charge is 0.438 e. The molecular weight excluding hydrogens is 1160 g/mol. The van der Waals surface area contributed by atoms with Crippen LogP contribution in [0.25, 0.3) is 0 Å². The van der Waals surface area contributed by atoms with E-state index in [2.05, 4.69) is 38.3 Å². The standard InChI is InChI=1S/C60H102N4O20S2/c1-5-9-13-17-21-25-49(65)77-43-81-53(69)29-33-63(34-30-54(70)82-44-78-50(66)26-22-18-14-10-6-2)37-39-85-57(73)41-47-59(75)62-48(60(76)61-47)42-58(74)86-40-38-64(35-31-55(71)83-45-79-51(67)27-23-19-15-11-7-3)36-32-56(72)84-46-80-52(68)28-24-20-16-12-8-4/h47-48,53,69H,5-46H2,1-4H3,(H,61,76)(H,62,75). The van der Waals surface area contributed by atoms with Crippen LogP contribution in [0.4, 0.5) is 0 Å². The number of hydrogen-bond donors (Lipinski definition) is 3. The van der Waals surface area contributed by atoms with E-state index in [-0.39, 0.29) is 115 Å². The molecule has 3 unspecified atom stereocenters. The molecule has 0 spiro atoms. The van der Waals surface area contributed by atoms with E-state index >= 15 is 0 Å². The molecule has 0 radical (unpaired) electrons. The van der Waals surface area contributed by atoms with E-state index in [1.54, 1.807) is 9.80 Å². The number of unbranched alkanes of at least 4 members (excludes halogenated alkanes) is 16. The van der Waals surface area contributed by atoms with Crippen LogP contribution in [0.1, 0.15) is 220 Å². The number of hydrogen-bond acceptors (Lipinski definition) is 24. The summed E-state index contributed by atoms with van der Waals surface area (Å²) < 4.78 is 40.8. The molecule has 0 aromatic rings. The lowest BCUT2D eigenvalue weighted by Gasteiger charge is -2.29. The summed E-state index contributed by atoms with van der Waals surface area (Å²) in [7, 11) is 0. The maximum Gasteiger partial charge on any atom is 0.309 e. The molecule has 0 bridgehead atoms. The van der Waals surface area contributed by atoms with E-state index in [0.717, 1.165) is 126 Å². The summed E-state index contributed by atoms with van der Waals surface area (Å²) in [5, 5.41) is 14.7. The predicted octanol–water partition coefficient (Wildman–Crippen LogP) is 7.84. The van der Waals surface area contributed by atoms with Gasteiger partial charge in [-0.2, -0.15) is 0 Å². The SMILES string of the molecule is CCCCCCCC(=O)OCOC(=O)CCN(CCSC(=O)CC1NC(=O)C(CC(=O)SCCN(CCC(=O)OCOC(=O)CCCCCCC)CCC(O)OCOC(=O)CCCCCCC)NC1=O)CCC(=O)OCOC(=O)CCCCCCC. The minimum Gasteiger partial charge on any atom is -0.438 e. The normalized spacial score (nSPS) is 14.2. The van der Waals surface area contributed by atoms with Crippen molar-refractivity contribution in [3.8, 4) is 0 Å². The minimum absolute atomic E-state index is 0.0477. The first-order valence-electron chi connectivity index (χ1n) is 31.3. The van der Waals surface area contributed by atoms with Gasteiger partial charge in [-0.3, -0.25) is 52.7 Å². The zero-order valence-corrected chi connectivity index (χ0v) is 53.5. The van der Waals surface area contributed by atoms with Gasteiger partial charge in [-0.1, -0.05) is 154 Å². The first-order valence-corrected chi connectivity index (χ1v) is 33.2. The Morgan fingerprint density at radius 3 is 0.988 bits per heavy atom. The van der Waals surface area contributed by atoms with Crippen LogP contribution >= 0.6 is 23.5 Å². The van der Waals surface area contributed by atoms with Crippen LogP contribution in [0.3, 0.4) is 0 Å². The van der Waals surface area contributed by atoms with Crippen molar-refractivity contribution in [2.75, 3.05) is 77.9 Å². The first kappa shape index (κ1) is 79.1. The van der Waals surface area contributed by atoms with Gasteiger partial charge in [-0.25, -0.2) is 0 Å². The third kappa shape index (κ3) is 45.4. The van der Waals surface area contributed by atoms with Crippen molar-refractivity contribution < 1.29 is 95.7 Å². The number of nitrogens with zero attached hydrogens (tertiary/aromatic N) is 2. The predicted molar refractivity (Wildman–Crippen MR) is 322 cm³/mol. The van der Waals surface area contributed by atoms with Crippen LogP contribution in [-0.4, -0.2) is 175 Å². The smallest absolute Gasteiger partial charge is 0.309 e. The van der Waals surface area contributed by atoms with E-state index in [0.29, 0.717) is 25.7 Å². The molecule has 1 aliphatic heterocycles. The Hall–Kier alpha value is -4.89. The molecule has 1 fully saturated rings. The number of aliphatic hydroxyl groups is 1. The van der Waals surface area contributed by atoms with Crippen molar-refractivity contribution >= 4 is 87.4 Å². The molecule has 1 saturated heterocycles. The van der Waals surface area contributed by atoms with Gasteiger partial charge in [0.05, 0.1) is 19.3 Å². The molecule has 3 N–H and O–H groups in total. The molecule has 1 heterocycles. The molecule has 1 rings (SSSR count). The van der Waals surface area contributed by atoms with Gasteiger partial charge >= 0.3 is 41.8 Å². The van der Waals surface area contributed by atoms with Crippen LogP contribution in [0.2, 0.25) is 0 Å². The summed E-state index contributed by atoms with van der Waals surface area (Å²) >= 11 is 1.76. The molecule has 0 aliphatic carbocycles. The highest BCUT2D eigenvalue weighted by Gasteiger charge is 2.36. The Balaban J connectivity index is 2.74. The van der Waals surface area contributed by atoms with Crippen LogP contribution in [0.5, 0.6) is 0 Å². The van der Waals surface area contributed by atoms with Crippen LogP contribution in [-0.2, 0) is 90.6 Å². The van der Waals surface area contributed by atoms with Gasteiger partial charge in [0.2, 0.25) is 32.2 Å². The maximum absolute atomic E-state index is 13.2. The second kappa shape index (κ2) is 53.2. The molecule has 0 saturated carbocycles. The number of aliphatic hydroxyl groups excluding tert-OH is 1. The number of carbonyl (C=O) groups excluding carboxylic acids is 11. The average Bonchev–Trinajstić information content (AvgIpc) is 3.31. The Bertz CT molecular complexity index is 1920. The third-order valence-corrected chi connectivity index (χ3v) is 15.4. The van der Waals surface area contributed by atoms with Crippen molar-refractivity contribution in [3.05, 3.63) is 0 Å². The lowest BCUT2D eigenvalue weighted by atomic mass is 10.1. The molecule has 2 amide bonds. The van der Waals surface area contributed by atoms with Crippen molar-refractivity contribution in [1.29, 1.82) is 0 Å². The number of piperazine rings is 1. The van der Waals surface area contributed by atoms with Gasteiger partial charge < -0.3 is 63.4 Å². The number of ether oxygens (including phenoxy) is 8. The zero-order valence-electron chi connectivity index (χ0n) is 51.8. The van der Waals surface area contributed by atoms with E-state index in [1.165, 1.54) is 0 Å². The molecular formula is C60H102N4O20S2. The van der Waals surface area contributed by atoms with E-state index in [1.807, 2.05) is 0 Å². The van der Waals surface area contributed by atoms with Gasteiger partial charge in [-0.15, -0.1) is 0 Å². The quantitative estimate of drug-likeness (QED) is 0.0226. The molecule has 0 aromatic heterocycles. The highest BCUT2D eigenvalue weighted by atomic mass is 32.2. The summed E-state index contributed by atoms with van der Waals surface area (Å²) in [4.78, 5) is 142. The van der Waals surface area contributed by atoms with Crippen molar-refractivity contribution in [2.24, 2.45) is 0 Å². The second-order valence-corrected chi connectivity index (χ2v) is 23.4. The topological polar surface area (TPSA) is 312 Å².